The summed E-state index contributed by atoms with van der Waals surface area (Å²) >= 11 is 0. The van der Waals surface area contributed by atoms with Crippen LogP contribution in [0.2, 0.25) is 0 Å². The number of anilines is 2. The van der Waals surface area contributed by atoms with Crippen LogP contribution in [0.4, 0.5) is 20.3 Å². The van der Waals surface area contributed by atoms with Gasteiger partial charge in [0.15, 0.2) is 0 Å². The van der Waals surface area contributed by atoms with E-state index >= 15 is 0 Å². The average molecular weight is 332 g/mol. The molecule has 1 N–H and O–H groups in total. The number of amides is 1. The summed E-state index contributed by atoms with van der Waals surface area (Å²) in [4.78, 5) is 22.4. The predicted molar refractivity (Wildman–Crippen MR) is 87.0 cm³/mol. The molecule has 1 aliphatic rings. The van der Waals surface area contributed by atoms with Gasteiger partial charge in [0.1, 0.15) is 35.2 Å². The molecule has 3 rings (SSSR count). The van der Waals surface area contributed by atoms with Gasteiger partial charge in [0.05, 0.1) is 0 Å². The fourth-order valence-corrected chi connectivity index (χ4v) is 2.68. The number of carbonyl (C=O) groups is 1. The highest BCUT2D eigenvalue weighted by Gasteiger charge is 2.19. The second kappa shape index (κ2) is 6.90. The summed E-state index contributed by atoms with van der Waals surface area (Å²) < 4.78 is 27.3. The normalized spacial score (nSPS) is 15.4. The molecule has 0 spiro atoms. The topological polar surface area (TPSA) is 58.1 Å². The molecular formula is C17H18F2N4O. The van der Waals surface area contributed by atoms with Gasteiger partial charge in [0.25, 0.3) is 5.91 Å². The van der Waals surface area contributed by atoms with E-state index in [4.69, 9.17) is 0 Å². The van der Waals surface area contributed by atoms with Gasteiger partial charge in [-0.2, -0.15) is 0 Å². The Morgan fingerprint density at radius 2 is 1.88 bits per heavy atom. The van der Waals surface area contributed by atoms with Crippen LogP contribution in [-0.4, -0.2) is 29.0 Å². The van der Waals surface area contributed by atoms with E-state index in [2.05, 4.69) is 27.1 Å². The number of rotatable bonds is 3. The summed E-state index contributed by atoms with van der Waals surface area (Å²) in [5.74, 6) is -1.01. The fourth-order valence-electron chi connectivity index (χ4n) is 2.68. The molecule has 1 saturated heterocycles. The lowest BCUT2D eigenvalue weighted by Crippen LogP contribution is -2.33. The first-order valence-electron chi connectivity index (χ1n) is 7.87. The number of hydrogen-bond donors (Lipinski definition) is 1. The third kappa shape index (κ3) is 3.50. The number of halogens is 2. The largest absolute Gasteiger partial charge is 0.356 e. The van der Waals surface area contributed by atoms with Crippen molar-refractivity contribution in [2.24, 2.45) is 5.92 Å². The number of nitrogens with one attached hydrogen (secondary N) is 1. The molecule has 0 atom stereocenters. The second-order valence-electron chi connectivity index (χ2n) is 5.98. The first-order chi connectivity index (χ1) is 11.5. The fraction of sp³-hybridized carbons (Fsp3) is 0.353. The molecule has 1 fully saturated rings. The third-order valence-corrected chi connectivity index (χ3v) is 4.19. The Balaban J connectivity index is 1.77. The van der Waals surface area contributed by atoms with Crippen LogP contribution in [0.25, 0.3) is 0 Å². The van der Waals surface area contributed by atoms with E-state index in [0.717, 1.165) is 38.1 Å². The molecule has 0 saturated carbocycles. The summed E-state index contributed by atoms with van der Waals surface area (Å²) in [6.45, 7) is 3.93. The van der Waals surface area contributed by atoms with E-state index in [1.807, 2.05) is 0 Å². The Morgan fingerprint density at radius 1 is 1.21 bits per heavy atom. The molecule has 1 aromatic carbocycles. The minimum atomic E-state index is -0.831. The van der Waals surface area contributed by atoms with Crippen molar-refractivity contribution >= 4 is 17.4 Å². The lowest BCUT2D eigenvalue weighted by molar-refractivity contribution is 0.102. The van der Waals surface area contributed by atoms with Gasteiger partial charge >= 0.3 is 0 Å². The molecule has 0 bridgehead atoms. The van der Waals surface area contributed by atoms with Crippen LogP contribution in [0.3, 0.4) is 0 Å². The second-order valence-corrected chi connectivity index (χ2v) is 5.98. The zero-order valence-corrected chi connectivity index (χ0v) is 13.3. The smallest absolute Gasteiger partial charge is 0.274 e. The first kappa shape index (κ1) is 16.3. The maximum Gasteiger partial charge on any atom is 0.274 e. The van der Waals surface area contributed by atoms with Crippen LogP contribution in [0.1, 0.15) is 30.3 Å². The Kier molecular flexibility index (Phi) is 4.69. The van der Waals surface area contributed by atoms with Crippen molar-refractivity contribution in [3.63, 3.8) is 0 Å². The van der Waals surface area contributed by atoms with E-state index in [0.29, 0.717) is 11.7 Å². The van der Waals surface area contributed by atoms with Crippen LogP contribution >= 0.6 is 0 Å². The van der Waals surface area contributed by atoms with E-state index in [-0.39, 0.29) is 5.69 Å². The minimum Gasteiger partial charge on any atom is -0.356 e. The molecule has 1 amide bonds. The lowest BCUT2D eigenvalue weighted by atomic mass is 9.99. The summed E-state index contributed by atoms with van der Waals surface area (Å²) in [5, 5.41) is 2.23. The van der Waals surface area contributed by atoms with Gasteiger partial charge in [-0.15, -0.1) is 0 Å². The molecule has 1 aliphatic heterocycles. The Labute approximate surface area is 138 Å². The highest BCUT2D eigenvalue weighted by Crippen LogP contribution is 2.22. The molecule has 2 heterocycles. The van der Waals surface area contributed by atoms with Crippen molar-refractivity contribution in [3.05, 3.63) is 47.9 Å². The maximum absolute atomic E-state index is 13.6. The van der Waals surface area contributed by atoms with Crippen LogP contribution in [-0.2, 0) is 0 Å². The van der Waals surface area contributed by atoms with Crippen LogP contribution in [0.15, 0.2) is 30.6 Å². The van der Waals surface area contributed by atoms with Crippen molar-refractivity contribution in [2.45, 2.75) is 19.8 Å². The molecule has 0 unspecified atom stereocenters. The van der Waals surface area contributed by atoms with Crippen LogP contribution < -0.4 is 10.2 Å². The van der Waals surface area contributed by atoms with Gasteiger partial charge < -0.3 is 10.2 Å². The molecule has 2 aromatic rings. The van der Waals surface area contributed by atoms with Crippen molar-refractivity contribution < 1.29 is 13.6 Å². The molecule has 1 aromatic heterocycles. The zero-order chi connectivity index (χ0) is 17.1. The number of piperidine rings is 1. The zero-order valence-electron chi connectivity index (χ0n) is 13.3. The monoisotopic (exact) mass is 332 g/mol. The van der Waals surface area contributed by atoms with Gasteiger partial charge in [-0.05, 0) is 30.9 Å². The van der Waals surface area contributed by atoms with E-state index in [1.54, 1.807) is 6.07 Å². The van der Waals surface area contributed by atoms with Gasteiger partial charge in [0, 0.05) is 19.2 Å². The van der Waals surface area contributed by atoms with Crippen LogP contribution in [0.5, 0.6) is 0 Å². The molecule has 126 valence electrons. The number of para-hydroxylation sites is 1. The average Bonchev–Trinajstić information content (AvgIpc) is 2.59. The Hall–Kier alpha value is -2.57. The number of benzene rings is 1. The van der Waals surface area contributed by atoms with E-state index < -0.39 is 23.2 Å². The van der Waals surface area contributed by atoms with Gasteiger partial charge in [-0.1, -0.05) is 13.0 Å². The van der Waals surface area contributed by atoms with Gasteiger partial charge in [-0.25, -0.2) is 18.7 Å². The van der Waals surface area contributed by atoms with Gasteiger partial charge in [0.2, 0.25) is 0 Å². The first-order valence-corrected chi connectivity index (χ1v) is 7.87. The predicted octanol–water partition coefficient (Wildman–Crippen LogP) is 3.24. The molecule has 7 heteroatoms. The maximum atomic E-state index is 13.6. The highest BCUT2D eigenvalue weighted by molar-refractivity contribution is 6.03. The number of carbonyl (C=O) groups excluding carboxylic acids is 1. The SMILES string of the molecule is CC1CCN(c2cc(C(=O)Nc3c(F)cccc3F)ncn2)CC1. The van der Waals surface area contributed by atoms with Crippen molar-refractivity contribution in [2.75, 3.05) is 23.3 Å². The Morgan fingerprint density at radius 3 is 2.54 bits per heavy atom. The Bertz CT molecular complexity index is 725. The summed E-state index contributed by atoms with van der Waals surface area (Å²) in [6.07, 6.45) is 3.41. The summed E-state index contributed by atoms with van der Waals surface area (Å²) in [7, 11) is 0. The van der Waals surface area contributed by atoms with E-state index in [9.17, 15) is 13.6 Å². The van der Waals surface area contributed by atoms with Gasteiger partial charge in [-0.3, -0.25) is 4.79 Å². The lowest BCUT2D eigenvalue weighted by Gasteiger charge is -2.31. The standard InChI is InChI=1S/C17H18F2N4O/c1-11-5-7-23(8-6-11)15-9-14(20-10-21-15)17(24)22-16-12(18)3-2-4-13(16)19/h2-4,9-11H,5-8H2,1H3,(H,22,24). The molecular weight excluding hydrogens is 314 g/mol. The molecule has 0 aliphatic carbocycles. The molecule has 0 radical (unpaired) electrons. The van der Waals surface area contributed by atoms with E-state index in [1.165, 1.54) is 12.4 Å². The van der Waals surface area contributed by atoms with Crippen LogP contribution in [0, 0.1) is 17.6 Å². The highest BCUT2D eigenvalue weighted by atomic mass is 19.1. The summed E-state index contributed by atoms with van der Waals surface area (Å²) in [5.41, 5.74) is -0.407. The molecule has 24 heavy (non-hydrogen) atoms. The third-order valence-electron chi connectivity index (χ3n) is 4.19. The molecule has 5 nitrogen and oxygen atoms in total. The number of hydrogen-bond acceptors (Lipinski definition) is 4. The minimum absolute atomic E-state index is 0.0706. The van der Waals surface area contributed by atoms with Crippen molar-refractivity contribution in [1.82, 2.24) is 9.97 Å². The summed E-state index contributed by atoms with van der Waals surface area (Å²) in [6, 6.07) is 4.95. The van der Waals surface area contributed by atoms with Crippen molar-refractivity contribution in [1.29, 1.82) is 0 Å². The van der Waals surface area contributed by atoms with Crippen molar-refractivity contribution in [3.8, 4) is 0 Å². The number of nitrogens with zero attached hydrogens (tertiary/aromatic N) is 3. The number of aromatic nitrogens is 2. The quantitative estimate of drug-likeness (QED) is 0.937.